The van der Waals surface area contributed by atoms with Crippen LogP contribution < -0.4 is 0 Å². The molecule has 3 aromatic rings. The first-order valence-electron chi connectivity index (χ1n) is 7.74. The normalized spacial score (nSPS) is 11.1. The number of carbonyl (C=O) groups excluding carboxylic acids is 1. The molecule has 0 spiro atoms. The van der Waals surface area contributed by atoms with Crippen molar-refractivity contribution in [3.05, 3.63) is 65.4 Å². The van der Waals surface area contributed by atoms with E-state index in [0.717, 1.165) is 11.1 Å². The van der Waals surface area contributed by atoms with Gasteiger partial charge in [-0.1, -0.05) is 30.3 Å². The van der Waals surface area contributed by atoms with E-state index in [9.17, 15) is 9.90 Å². The summed E-state index contributed by atoms with van der Waals surface area (Å²) >= 11 is 0. The molecular formula is C19H20N2O3. The molecule has 0 radical (unpaired) electrons. The van der Waals surface area contributed by atoms with E-state index in [-0.39, 0.29) is 12.4 Å². The molecule has 0 amide bonds. The summed E-state index contributed by atoms with van der Waals surface area (Å²) in [6.07, 6.45) is 1.64. The van der Waals surface area contributed by atoms with Gasteiger partial charge in [-0.25, -0.2) is 4.79 Å². The number of phenolic OH excluding ortho intramolecular Hbond substituents is 1. The second-order valence-electron chi connectivity index (χ2n) is 5.99. The first kappa shape index (κ1) is 16.1. The van der Waals surface area contributed by atoms with Crippen LogP contribution in [0.15, 0.2) is 48.7 Å². The van der Waals surface area contributed by atoms with Crippen molar-refractivity contribution in [3.63, 3.8) is 0 Å². The molecule has 0 aliphatic carbocycles. The Morgan fingerprint density at radius 3 is 2.62 bits per heavy atom. The molecule has 0 bridgehead atoms. The summed E-state index contributed by atoms with van der Waals surface area (Å²) < 4.78 is 5.43. The van der Waals surface area contributed by atoms with Gasteiger partial charge in [0.2, 0.25) is 0 Å². The van der Waals surface area contributed by atoms with E-state index in [1.165, 1.54) is 0 Å². The SMILES string of the molecule is CN(C)Cc1c(O)ccc2[nH]cc(C(=O)OCc3ccccc3)c12. The highest BCUT2D eigenvalue weighted by molar-refractivity contribution is 6.06. The summed E-state index contributed by atoms with van der Waals surface area (Å²) in [6, 6.07) is 12.9. The van der Waals surface area contributed by atoms with E-state index >= 15 is 0 Å². The van der Waals surface area contributed by atoms with Crippen LogP contribution in [-0.4, -0.2) is 35.1 Å². The number of H-pyrrole nitrogens is 1. The average Bonchev–Trinajstić information content (AvgIpc) is 3.00. The van der Waals surface area contributed by atoms with Crippen molar-refractivity contribution < 1.29 is 14.6 Å². The number of phenols is 1. The third-order valence-electron chi connectivity index (χ3n) is 3.84. The van der Waals surface area contributed by atoms with Gasteiger partial charge in [0.05, 0.1) is 5.56 Å². The molecule has 0 saturated heterocycles. The first-order chi connectivity index (χ1) is 11.6. The quantitative estimate of drug-likeness (QED) is 0.707. The Morgan fingerprint density at radius 1 is 1.17 bits per heavy atom. The monoisotopic (exact) mass is 324 g/mol. The molecule has 0 atom stereocenters. The van der Waals surface area contributed by atoms with Gasteiger partial charge in [-0.2, -0.15) is 0 Å². The van der Waals surface area contributed by atoms with E-state index in [1.54, 1.807) is 18.3 Å². The number of hydrogen-bond donors (Lipinski definition) is 2. The van der Waals surface area contributed by atoms with Crippen molar-refractivity contribution in [2.24, 2.45) is 0 Å². The van der Waals surface area contributed by atoms with E-state index in [0.29, 0.717) is 23.1 Å². The summed E-state index contributed by atoms with van der Waals surface area (Å²) in [5, 5.41) is 10.9. The Balaban J connectivity index is 1.91. The van der Waals surface area contributed by atoms with Crippen LogP contribution in [0, 0.1) is 0 Å². The van der Waals surface area contributed by atoms with E-state index in [2.05, 4.69) is 4.98 Å². The van der Waals surface area contributed by atoms with Crippen LogP contribution in [0.3, 0.4) is 0 Å². The molecule has 5 heteroatoms. The predicted octanol–water partition coefficient (Wildman–Crippen LogP) is 3.29. The fourth-order valence-corrected chi connectivity index (χ4v) is 2.72. The van der Waals surface area contributed by atoms with E-state index in [4.69, 9.17) is 4.74 Å². The van der Waals surface area contributed by atoms with Crippen LogP contribution >= 0.6 is 0 Å². The molecule has 2 N–H and O–H groups in total. The second-order valence-corrected chi connectivity index (χ2v) is 5.99. The number of nitrogens with zero attached hydrogens (tertiary/aromatic N) is 1. The zero-order valence-electron chi connectivity index (χ0n) is 13.7. The molecule has 124 valence electrons. The Labute approximate surface area is 140 Å². The molecule has 0 aliphatic rings. The van der Waals surface area contributed by atoms with Crippen LogP contribution in [0.4, 0.5) is 0 Å². The summed E-state index contributed by atoms with van der Waals surface area (Å²) in [4.78, 5) is 17.5. The fourth-order valence-electron chi connectivity index (χ4n) is 2.72. The number of rotatable bonds is 5. The van der Waals surface area contributed by atoms with Gasteiger partial charge < -0.3 is 19.7 Å². The molecule has 0 fully saturated rings. The highest BCUT2D eigenvalue weighted by atomic mass is 16.5. The number of nitrogens with one attached hydrogen (secondary N) is 1. The predicted molar refractivity (Wildman–Crippen MR) is 92.9 cm³/mol. The van der Waals surface area contributed by atoms with Crippen LogP contribution in [0.2, 0.25) is 0 Å². The summed E-state index contributed by atoms with van der Waals surface area (Å²) in [7, 11) is 3.83. The maximum Gasteiger partial charge on any atom is 0.340 e. The largest absolute Gasteiger partial charge is 0.508 e. The molecule has 1 aromatic heterocycles. The van der Waals surface area contributed by atoms with Crippen LogP contribution in [0.25, 0.3) is 10.9 Å². The summed E-state index contributed by atoms with van der Waals surface area (Å²) in [5.41, 5.74) is 2.89. The highest BCUT2D eigenvalue weighted by Crippen LogP contribution is 2.31. The molecule has 3 rings (SSSR count). The molecule has 1 heterocycles. The Kier molecular flexibility index (Phi) is 4.53. The number of fused-ring (bicyclic) bond motifs is 1. The van der Waals surface area contributed by atoms with Crippen molar-refractivity contribution in [2.45, 2.75) is 13.2 Å². The van der Waals surface area contributed by atoms with Crippen molar-refractivity contribution in [2.75, 3.05) is 14.1 Å². The topological polar surface area (TPSA) is 65.6 Å². The van der Waals surface area contributed by atoms with Gasteiger partial charge in [-0.3, -0.25) is 0 Å². The molecule has 2 aromatic carbocycles. The van der Waals surface area contributed by atoms with Gasteiger partial charge in [-0.05, 0) is 31.8 Å². The lowest BCUT2D eigenvalue weighted by Crippen LogP contribution is -2.12. The maximum absolute atomic E-state index is 12.5. The lowest BCUT2D eigenvalue weighted by atomic mass is 10.0. The van der Waals surface area contributed by atoms with Crippen molar-refractivity contribution >= 4 is 16.9 Å². The van der Waals surface area contributed by atoms with Gasteiger partial charge in [0.1, 0.15) is 12.4 Å². The third kappa shape index (κ3) is 3.26. The van der Waals surface area contributed by atoms with E-state index < -0.39 is 5.97 Å². The van der Waals surface area contributed by atoms with Crippen molar-refractivity contribution in [3.8, 4) is 5.75 Å². The zero-order valence-corrected chi connectivity index (χ0v) is 13.7. The minimum Gasteiger partial charge on any atom is -0.508 e. The lowest BCUT2D eigenvalue weighted by Gasteiger charge is -2.13. The Bertz CT molecular complexity index is 854. The third-order valence-corrected chi connectivity index (χ3v) is 3.84. The van der Waals surface area contributed by atoms with Crippen LogP contribution in [0.1, 0.15) is 21.5 Å². The van der Waals surface area contributed by atoms with Gasteiger partial charge in [0, 0.05) is 29.2 Å². The molecule has 5 nitrogen and oxygen atoms in total. The zero-order chi connectivity index (χ0) is 17.1. The number of aromatic nitrogens is 1. The lowest BCUT2D eigenvalue weighted by molar-refractivity contribution is 0.0475. The summed E-state index contributed by atoms with van der Waals surface area (Å²) in [6.45, 7) is 0.744. The molecular weight excluding hydrogens is 304 g/mol. The smallest absolute Gasteiger partial charge is 0.340 e. The first-order valence-corrected chi connectivity index (χ1v) is 7.74. The maximum atomic E-state index is 12.5. The fraction of sp³-hybridized carbons (Fsp3) is 0.211. The Morgan fingerprint density at radius 2 is 1.92 bits per heavy atom. The minimum absolute atomic E-state index is 0.174. The van der Waals surface area contributed by atoms with Gasteiger partial charge in [-0.15, -0.1) is 0 Å². The molecule has 0 aliphatic heterocycles. The number of ether oxygens (including phenoxy) is 1. The number of aromatic amines is 1. The molecule has 0 unspecified atom stereocenters. The Hall–Kier alpha value is -2.79. The highest BCUT2D eigenvalue weighted by Gasteiger charge is 2.19. The van der Waals surface area contributed by atoms with Gasteiger partial charge in [0.15, 0.2) is 0 Å². The number of esters is 1. The van der Waals surface area contributed by atoms with Gasteiger partial charge in [0.25, 0.3) is 0 Å². The standard InChI is InChI=1S/C19H20N2O3/c1-21(2)11-15-17(22)9-8-16-18(15)14(10-20-16)19(23)24-12-13-6-4-3-5-7-13/h3-10,20,22H,11-12H2,1-2H3. The second kappa shape index (κ2) is 6.76. The minimum atomic E-state index is -0.407. The van der Waals surface area contributed by atoms with E-state index in [1.807, 2.05) is 49.3 Å². The number of benzene rings is 2. The van der Waals surface area contributed by atoms with Crippen LogP contribution in [-0.2, 0) is 17.9 Å². The number of carbonyl (C=O) groups is 1. The van der Waals surface area contributed by atoms with Crippen molar-refractivity contribution in [1.82, 2.24) is 9.88 Å². The number of aromatic hydroxyl groups is 1. The van der Waals surface area contributed by atoms with Crippen molar-refractivity contribution in [1.29, 1.82) is 0 Å². The molecule has 0 saturated carbocycles. The average molecular weight is 324 g/mol. The van der Waals surface area contributed by atoms with Gasteiger partial charge >= 0.3 is 5.97 Å². The van der Waals surface area contributed by atoms with Crippen LogP contribution in [0.5, 0.6) is 5.75 Å². The molecule has 24 heavy (non-hydrogen) atoms. The summed E-state index contributed by atoms with van der Waals surface area (Å²) in [5.74, 6) is -0.233. The number of hydrogen-bond acceptors (Lipinski definition) is 4.